The van der Waals surface area contributed by atoms with Crippen LogP contribution in [0.25, 0.3) is 0 Å². The monoisotopic (exact) mass is 257 g/mol. The SMILES string of the molecule is Cc1ccccc1C(C)NC(C)CCc1ccco1. The van der Waals surface area contributed by atoms with Crippen molar-refractivity contribution < 1.29 is 4.42 Å². The Bertz CT molecular complexity index is 490. The highest BCUT2D eigenvalue weighted by Crippen LogP contribution is 2.18. The Labute approximate surface area is 115 Å². The number of rotatable bonds is 6. The first-order valence-electron chi connectivity index (χ1n) is 7.01. The van der Waals surface area contributed by atoms with E-state index in [0.29, 0.717) is 12.1 Å². The molecule has 0 aliphatic rings. The first kappa shape index (κ1) is 13.9. The Kier molecular flexibility index (Phi) is 4.80. The molecule has 2 heteroatoms. The average molecular weight is 257 g/mol. The van der Waals surface area contributed by atoms with Gasteiger partial charge in [0.2, 0.25) is 0 Å². The summed E-state index contributed by atoms with van der Waals surface area (Å²) >= 11 is 0. The molecule has 2 atom stereocenters. The van der Waals surface area contributed by atoms with E-state index in [4.69, 9.17) is 4.42 Å². The highest BCUT2D eigenvalue weighted by Gasteiger charge is 2.11. The Morgan fingerprint density at radius 2 is 1.89 bits per heavy atom. The van der Waals surface area contributed by atoms with Crippen molar-refractivity contribution in [2.24, 2.45) is 0 Å². The Morgan fingerprint density at radius 3 is 2.58 bits per heavy atom. The van der Waals surface area contributed by atoms with E-state index in [1.807, 2.05) is 12.1 Å². The van der Waals surface area contributed by atoms with E-state index in [-0.39, 0.29) is 0 Å². The van der Waals surface area contributed by atoms with Crippen molar-refractivity contribution in [3.05, 3.63) is 59.5 Å². The van der Waals surface area contributed by atoms with Crippen LogP contribution >= 0.6 is 0 Å². The van der Waals surface area contributed by atoms with Gasteiger partial charge < -0.3 is 9.73 Å². The third kappa shape index (κ3) is 3.97. The molecular formula is C17H23NO. The van der Waals surface area contributed by atoms with Gasteiger partial charge in [-0.2, -0.15) is 0 Å². The minimum atomic E-state index is 0.382. The first-order valence-corrected chi connectivity index (χ1v) is 7.01. The fraction of sp³-hybridized carbons (Fsp3) is 0.412. The molecule has 0 spiro atoms. The number of hydrogen-bond donors (Lipinski definition) is 1. The lowest BCUT2D eigenvalue weighted by Gasteiger charge is -2.21. The number of aryl methyl sites for hydroxylation is 2. The van der Waals surface area contributed by atoms with Crippen molar-refractivity contribution in [2.45, 2.75) is 45.7 Å². The molecule has 102 valence electrons. The fourth-order valence-electron chi connectivity index (χ4n) is 2.49. The molecule has 2 rings (SSSR count). The lowest BCUT2D eigenvalue weighted by Crippen LogP contribution is -2.29. The number of furan rings is 1. The maximum atomic E-state index is 5.36. The summed E-state index contributed by atoms with van der Waals surface area (Å²) in [6, 6.07) is 13.4. The van der Waals surface area contributed by atoms with Gasteiger partial charge in [0, 0.05) is 18.5 Å². The first-order chi connectivity index (χ1) is 9.16. The summed E-state index contributed by atoms with van der Waals surface area (Å²) in [6.07, 6.45) is 3.81. The predicted molar refractivity (Wildman–Crippen MR) is 79.2 cm³/mol. The van der Waals surface area contributed by atoms with Gasteiger partial charge in [0.25, 0.3) is 0 Å². The van der Waals surface area contributed by atoms with Gasteiger partial charge in [-0.05, 0) is 50.5 Å². The number of nitrogens with one attached hydrogen (secondary N) is 1. The summed E-state index contributed by atoms with van der Waals surface area (Å²) in [6.45, 7) is 6.63. The van der Waals surface area contributed by atoms with Gasteiger partial charge in [0.15, 0.2) is 0 Å². The molecule has 1 aromatic heterocycles. The highest BCUT2D eigenvalue weighted by atomic mass is 16.3. The van der Waals surface area contributed by atoms with Crippen LogP contribution in [0.15, 0.2) is 47.1 Å². The summed E-state index contributed by atoms with van der Waals surface area (Å²) in [5, 5.41) is 3.66. The van der Waals surface area contributed by atoms with Crippen LogP contribution in [0.1, 0.15) is 43.2 Å². The van der Waals surface area contributed by atoms with Crippen LogP contribution in [0.3, 0.4) is 0 Å². The number of hydrogen-bond acceptors (Lipinski definition) is 2. The van der Waals surface area contributed by atoms with E-state index >= 15 is 0 Å². The van der Waals surface area contributed by atoms with Gasteiger partial charge in [0.1, 0.15) is 5.76 Å². The molecule has 0 saturated carbocycles. The van der Waals surface area contributed by atoms with Gasteiger partial charge >= 0.3 is 0 Å². The smallest absolute Gasteiger partial charge is 0.103 e. The van der Waals surface area contributed by atoms with Gasteiger partial charge in [-0.1, -0.05) is 24.3 Å². The summed E-state index contributed by atoms with van der Waals surface area (Å²) < 4.78 is 5.36. The molecule has 2 nitrogen and oxygen atoms in total. The van der Waals surface area contributed by atoms with Gasteiger partial charge in [-0.25, -0.2) is 0 Å². The molecule has 1 N–H and O–H groups in total. The van der Waals surface area contributed by atoms with Gasteiger partial charge in [-0.3, -0.25) is 0 Å². The molecule has 2 unspecified atom stereocenters. The Hall–Kier alpha value is -1.54. The van der Waals surface area contributed by atoms with Crippen LogP contribution in [0.2, 0.25) is 0 Å². The molecule has 0 fully saturated rings. The van der Waals surface area contributed by atoms with E-state index in [9.17, 15) is 0 Å². The van der Waals surface area contributed by atoms with E-state index in [1.165, 1.54) is 11.1 Å². The summed E-state index contributed by atoms with van der Waals surface area (Å²) in [4.78, 5) is 0. The minimum Gasteiger partial charge on any atom is -0.469 e. The second-order valence-corrected chi connectivity index (χ2v) is 5.26. The molecule has 0 amide bonds. The highest BCUT2D eigenvalue weighted by molar-refractivity contribution is 5.28. The zero-order chi connectivity index (χ0) is 13.7. The molecule has 19 heavy (non-hydrogen) atoms. The minimum absolute atomic E-state index is 0.382. The van der Waals surface area contributed by atoms with Crippen LogP contribution in [0, 0.1) is 6.92 Å². The van der Waals surface area contributed by atoms with Gasteiger partial charge in [0.05, 0.1) is 6.26 Å². The third-order valence-electron chi connectivity index (χ3n) is 3.59. The van der Waals surface area contributed by atoms with Crippen LogP contribution in [0.4, 0.5) is 0 Å². The number of benzene rings is 1. The summed E-state index contributed by atoms with van der Waals surface area (Å²) in [7, 11) is 0. The lowest BCUT2D eigenvalue weighted by atomic mass is 10.0. The lowest BCUT2D eigenvalue weighted by molar-refractivity contribution is 0.430. The van der Waals surface area contributed by atoms with Crippen LogP contribution in [-0.4, -0.2) is 6.04 Å². The molecule has 1 aromatic carbocycles. The van der Waals surface area contributed by atoms with E-state index < -0.39 is 0 Å². The molecule has 1 heterocycles. The largest absolute Gasteiger partial charge is 0.469 e. The van der Waals surface area contributed by atoms with E-state index in [2.05, 4.69) is 50.4 Å². The van der Waals surface area contributed by atoms with Crippen molar-refractivity contribution >= 4 is 0 Å². The molecular weight excluding hydrogens is 234 g/mol. The normalized spacial score (nSPS) is 14.3. The second kappa shape index (κ2) is 6.58. The van der Waals surface area contributed by atoms with Crippen LogP contribution < -0.4 is 5.32 Å². The Morgan fingerprint density at radius 1 is 1.11 bits per heavy atom. The van der Waals surface area contributed by atoms with Crippen molar-refractivity contribution in [3.63, 3.8) is 0 Å². The van der Waals surface area contributed by atoms with E-state index in [1.54, 1.807) is 6.26 Å². The standard InChI is InChI=1S/C17H23NO/c1-13-7-4-5-9-17(13)15(3)18-14(2)10-11-16-8-6-12-19-16/h4-9,12,14-15,18H,10-11H2,1-3H3. The van der Waals surface area contributed by atoms with E-state index in [0.717, 1.165) is 18.6 Å². The zero-order valence-electron chi connectivity index (χ0n) is 12.0. The topological polar surface area (TPSA) is 25.2 Å². The average Bonchev–Trinajstić information content (AvgIpc) is 2.90. The molecule has 0 saturated heterocycles. The summed E-state index contributed by atoms with van der Waals surface area (Å²) in [5.74, 6) is 1.07. The second-order valence-electron chi connectivity index (χ2n) is 5.26. The zero-order valence-corrected chi connectivity index (χ0v) is 12.0. The van der Waals surface area contributed by atoms with Crippen molar-refractivity contribution in [2.75, 3.05) is 0 Å². The molecule has 0 aliphatic heterocycles. The third-order valence-corrected chi connectivity index (χ3v) is 3.59. The summed E-state index contributed by atoms with van der Waals surface area (Å²) in [5.41, 5.74) is 2.73. The molecule has 0 radical (unpaired) electrons. The molecule has 0 aliphatic carbocycles. The van der Waals surface area contributed by atoms with Crippen molar-refractivity contribution in [1.29, 1.82) is 0 Å². The predicted octanol–water partition coefficient (Wildman–Crippen LogP) is 4.26. The maximum Gasteiger partial charge on any atom is 0.103 e. The van der Waals surface area contributed by atoms with Crippen molar-refractivity contribution in [1.82, 2.24) is 5.32 Å². The maximum absolute atomic E-state index is 5.36. The van der Waals surface area contributed by atoms with Crippen molar-refractivity contribution in [3.8, 4) is 0 Å². The van der Waals surface area contributed by atoms with Gasteiger partial charge in [-0.15, -0.1) is 0 Å². The van der Waals surface area contributed by atoms with Crippen LogP contribution in [0.5, 0.6) is 0 Å². The molecule has 2 aromatic rings. The quantitative estimate of drug-likeness (QED) is 0.836. The molecule has 0 bridgehead atoms. The fourth-order valence-corrected chi connectivity index (χ4v) is 2.49. The Balaban J connectivity index is 1.85. The van der Waals surface area contributed by atoms with Crippen LogP contribution in [-0.2, 0) is 6.42 Å².